The van der Waals surface area contributed by atoms with Crippen LogP contribution in [0.1, 0.15) is 48.6 Å². The van der Waals surface area contributed by atoms with Gasteiger partial charge in [0, 0.05) is 31.8 Å². The average molecular weight is 484 g/mol. The molecule has 0 atom stereocenters. The highest BCUT2D eigenvalue weighted by Gasteiger charge is 2.25. The van der Waals surface area contributed by atoms with Gasteiger partial charge >= 0.3 is 5.97 Å². The van der Waals surface area contributed by atoms with E-state index >= 15 is 0 Å². The maximum Gasteiger partial charge on any atom is 0.303 e. The van der Waals surface area contributed by atoms with Crippen LogP contribution in [0.25, 0.3) is 0 Å². The van der Waals surface area contributed by atoms with Gasteiger partial charge in [0.2, 0.25) is 5.75 Å². The molecule has 0 bridgehead atoms. The van der Waals surface area contributed by atoms with Gasteiger partial charge in [0.05, 0.1) is 27.9 Å². The second-order valence-corrected chi connectivity index (χ2v) is 8.65. The topological polar surface area (TPSA) is 88.2 Å². The van der Waals surface area contributed by atoms with Crippen molar-refractivity contribution < 1.29 is 28.2 Å². The first-order chi connectivity index (χ1) is 17.0. The minimum atomic E-state index is -0.311. The van der Waals surface area contributed by atoms with Gasteiger partial charge in [-0.15, -0.1) is 0 Å². The third-order valence-electron chi connectivity index (χ3n) is 6.29. The Hall–Kier alpha value is -3.46. The number of hydrogen-bond donors (Lipinski definition) is 0. The van der Waals surface area contributed by atoms with E-state index in [1.165, 1.54) is 6.92 Å². The molecule has 0 aliphatic carbocycles. The van der Waals surface area contributed by atoms with E-state index in [1.807, 2.05) is 36.7 Å². The summed E-state index contributed by atoms with van der Waals surface area (Å²) in [6, 6.07) is 7.78. The standard InChI is InChI=1S/C26H33N3O6/c1-18(30)34-17-22-6-5-21(35-22)16-28-10-7-20(8-11-28)26-27-9-12-29(26)15-19-13-23(31-2)25(33-4)24(14-19)32-3/h5-6,9,12-14,20H,7-8,10-11,15-17H2,1-4H3. The van der Waals surface area contributed by atoms with Gasteiger partial charge in [0.25, 0.3) is 0 Å². The zero-order chi connectivity index (χ0) is 24.8. The summed E-state index contributed by atoms with van der Waals surface area (Å²) >= 11 is 0. The number of esters is 1. The Morgan fingerprint density at radius 1 is 1.03 bits per heavy atom. The molecule has 9 heteroatoms. The number of nitrogens with zero attached hydrogens (tertiary/aromatic N) is 3. The summed E-state index contributed by atoms with van der Waals surface area (Å²) in [6.45, 7) is 4.90. The van der Waals surface area contributed by atoms with Crippen molar-refractivity contribution in [1.82, 2.24) is 14.5 Å². The highest BCUT2D eigenvalue weighted by Crippen LogP contribution is 2.38. The quantitative estimate of drug-likeness (QED) is 0.400. The van der Waals surface area contributed by atoms with Gasteiger partial charge in [-0.25, -0.2) is 4.98 Å². The number of furan rings is 1. The number of imidazole rings is 1. The van der Waals surface area contributed by atoms with Crippen LogP contribution in [-0.2, 0) is 29.2 Å². The molecule has 0 radical (unpaired) electrons. The van der Waals surface area contributed by atoms with Crippen LogP contribution in [0.2, 0.25) is 0 Å². The molecular weight excluding hydrogens is 450 g/mol. The van der Waals surface area contributed by atoms with Crippen LogP contribution < -0.4 is 14.2 Å². The lowest BCUT2D eigenvalue weighted by molar-refractivity contribution is -0.142. The molecule has 0 amide bonds. The van der Waals surface area contributed by atoms with Gasteiger partial charge in [-0.1, -0.05) is 0 Å². The van der Waals surface area contributed by atoms with Crippen LogP contribution in [0.15, 0.2) is 41.1 Å². The van der Waals surface area contributed by atoms with Crippen molar-refractivity contribution in [1.29, 1.82) is 0 Å². The summed E-state index contributed by atoms with van der Waals surface area (Å²) in [7, 11) is 4.86. The first-order valence-electron chi connectivity index (χ1n) is 11.7. The normalized spacial score (nSPS) is 14.6. The molecule has 188 valence electrons. The minimum absolute atomic E-state index is 0.173. The summed E-state index contributed by atoms with van der Waals surface area (Å²) in [5.74, 6) is 4.60. The molecule has 3 aromatic rings. The van der Waals surface area contributed by atoms with Gasteiger partial charge in [-0.3, -0.25) is 9.69 Å². The molecule has 1 aliphatic heterocycles. The maximum absolute atomic E-state index is 11.0. The van der Waals surface area contributed by atoms with Gasteiger partial charge in [-0.05, 0) is 55.8 Å². The Kier molecular flexibility index (Phi) is 7.97. The van der Waals surface area contributed by atoms with Crippen LogP contribution in [0.3, 0.4) is 0 Å². The molecule has 2 aromatic heterocycles. The third kappa shape index (κ3) is 5.97. The van der Waals surface area contributed by atoms with Gasteiger partial charge in [0.15, 0.2) is 11.5 Å². The van der Waals surface area contributed by atoms with Crippen molar-refractivity contribution >= 4 is 5.97 Å². The average Bonchev–Trinajstić information content (AvgIpc) is 3.52. The lowest BCUT2D eigenvalue weighted by Gasteiger charge is -2.31. The van der Waals surface area contributed by atoms with Crippen LogP contribution in [0.5, 0.6) is 17.2 Å². The molecule has 1 aromatic carbocycles. The SMILES string of the molecule is COc1cc(Cn2ccnc2C2CCN(Cc3ccc(COC(C)=O)o3)CC2)cc(OC)c1OC. The molecule has 1 fully saturated rings. The van der Waals surface area contributed by atoms with E-state index in [9.17, 15) is 4.79 Å². The Labute approximate surface area is 205 Å². The van der Waals surface area contributed by atoms with Crippen molar-refractivity contribution in [3.8, 4) is 17.2 Å². The van der Waals surface area contributed by atoms with E-state index in [0.717, 1.165) is 49.6 Å². The number of carbonyl (C=O) groups excluding carboxylic acids is 1. The second-order valence-electron chi connectivity index (χ2n) is 8.65. The van der Waals surface area contributed by atoms with Crippen molar-refractivity contribution in [3.63, 3.8) is 0 Å². The van der Waals surface area contributed by atoms with Gasteiger partial charge in [0.1, 0.15) is 24.0 Å². The van der Waals surface area contributed by atoms with Crippen molar-refractivity contribution in [3.05, 3.63) is 59.6 Å². The molecule has 3 heterocycles. The first-order valence-corrected chi connectivity index (χ1v) is 11.7. The van der Waals surface area contributed by atoms with E-state index in [1.54, 1.807) is 21.3 Å². The van der Waals surface area contributed by atoms with Crippen molar-refractivity contribution in [2.75, 3.05) is 34.4 Å². The fraction of sp³-hybridized carbons (Fsp3) is 0.462. The Morgan fingerprint density at radius 3 is 2.34 bits per heavy atom. The second kappa shape index (κ2) is 11.3. The summed E-state index contributed by atoms with van der Waals surface area (Å²) in [5.41, 5.74) is 1.05. The summed E-state index contributed by atoms with van der Waals surface area (Å²) < 4.78 is 29.5. The molecule has 1 aliphatic rings. The molecule has 0 saturated carbocycles. The molecule has 1 saturated heterocycles. The van der Waals surface area contributed by atoms with Crippen LogP contribution in [0.4, 0.5) is 0 Å². The fourth-order valence-corrected chi connectivity index (χ4v) is 4.56. The highest BCUT2D eigenvalue weighted by molar-refractivity contribution is 5.65. The van der Waals surface area contributed by atoms with E-state index in [0.29, 0.717) is 35.5 Å². The number of likely N-dealkylation sites (tertiary alicyclic amines) is 1. The number of ether oxygens (including phenoxy) is 4. The van der Waals surface area contributed by atoms with E-state index in [4.69, 9.17) is 28.3 Å². The fourth-order valence-electron chi connectivity index (χ4n) is 4.56. The lowest BCUT2D eigenvalue weighted by Crippen LogP contribution is -2.33. The zero-order valence-corrected chi connectivity index (χ0v) is 20.8. The lowest BCUT2D eigenvalue weighted by atomic mass is 9.95. The zero-order valence-electron chi connectivity index (χ0n) is 20.8. The predicted octanol–water partition coefficient (Wildman–Crippen LogP) is 3.99. The number of methoxy groups -OCH3 is 3. The summed E-state index contributed by atoms with van der Waals surface area (Å²) in [6.07, 6.45) is 5.94. The Morgan fingerprint density at radius 2 is 1.71 bits per heavy atom. The number of carbonyl (C=O) groups is 1. The number of piperidine rings is 1. The third-order valence-corrected chi connectivity index (χ3v) is 6.29. The molecule has 0 unspecified atom stereocenters. The van der Waals surface area contributed by atoms with E-state index < -0.39 is 0 Å². The monoisotopic (exact) mass is 483 g/mol. The van der Waals surface area contributed by atoms with E-state index in [2.05, 4.69) is 9.47 Å². The number of aromatic nitrogens is 2. The minimum Gasteiger partial charge on any atom is -0.493 e. The molecule has 35 heavy (non-hydrogen) atoms. The van der Waals surface area contributed by atoms with Crippen molar-refractivity contribution in [2.24, 2.45) is 0 Å². The van der Waals surface area contributed by atoms with Crippen molar-refractivity contribution in [2.45, 2.75) is 45.4 Å². The Balaban J connectivity index is 1.37. The summed E-state index contributed by atoms with van der Waals surface area (Å²) in [4.78, 5) is 18.1. The first kappa shape index (κ1) is 24.7. The molecular formula is C26H33N3O6. The van der Waals surface area contributed by atoms with Crippen LogP contribution in [-0.4, -0.2) is 54.8 Å². The van der Waals surface area contributed by atoms with Gasteiger partial charge in [-0.2, -0.15) is 0 Å². The smallest absolute Gasteiger partial charge is 0.303 e. The largest absolute Gasteiger partial charge is 0.493 e. The molecule has 0 N–H and O–H groups in total. The Bertz CT molecular complexity index is 1100. The predicted molar refractivity (Wildman–Crippen MR) is 129 cm³/mol. The number of hydrogen-bond acceptors (Lipinski definition) is 8. The van der Waals surface area contributed by atoms with E-state index in [-0.39, 0.29) is 12.6 Å². The van der Waals surface area contributed by atoms with Crippen LogP contribution in [0, 0.1) is 0 Å². The molecule has 9 nitrogen and oxygen atoms in total. The number of rotatable bonds is 10. The maximum atomic E-state index is 11.0. The molecule has 4 rings (SSSR count). The number of benzene rings is 1. The molecule has 0 spiro atoms. The van der Waals surface area contributed by atoms with Crippen LogP contribution >= 0.6 is 0 Å². The highest BCUT2D eigenvalue weighted by atomic mass is 16.5. The van der Waals surface area contributed by atoms with Gasteiger partial charge < -0.3 is 27.9 Å². The summed E-state index contributed by atoms with van der Waals surface area (Å²) in [5, 5.41) is 0.